The molecule has 0 amide bonds. The van der Waals surface area contributed by atoms with Crippen molar-refractivity contribution in [2.24, 2.45) is 17.3 Å². The van der Waals surface area contributed by atoms with Gasteiger partial charge >= 0.3 is 5.97 Å². The van der Waals surface area contributed by atoms with Gasteiger partial charge in [0.2, 0.25) is 0 Å². The van der Waals surface area contributed by atoms with E-state index in [1.165, 1.54) is 0 Å². The third kappa shape index (κ3) is 4.16. The third-order valence-corrected chi connectivity index (χ3v) is 9.10. The smallest absolute Gasteiger partial charge is 0.332 e. The highest BCUT2D eigenvalue weighted by atomic mass is 79.9. The number of carbonyl (C=O) groups is 1. The summed E-state index contributed by atoms with van der Waals surface area (Å²) < 4.78 is 28.8. The molecule has 0 bridgehead atoms. The van der Waals surface area contributed by atoms with Crippen LogP contribution in [-0.2, 0) is 37.2 Å². The second-order valence-corrected chi connectivity index (χ2v) is 13.2. The van der Waals surface area contributed by atoms with E-state index >= 15 is 0 Å². The summed E-state index contributed by atoms with van der Waals surface area (Å²) in [6.45, 7) is 12.3. The number of methoxy groups -OCH3 is 1. The molecule has 3 rings (SSSR count). The van der Waals surface area contributed by atoms with Crippen LogP contribution < -0.4 is 4.72 Å². The third-order valence-electron chi connectivity index (χ3n) is 7.00. The molecule has 1 spiro atoms. The van der Waals surface area contributed by atoms with Crippen LogP contribution in [0.4, 0.5) is 0 Å². The zero-order valence-electron chi connectivity index (χ0n) is 19.7. The summed E-state index contributed by atoms with van der Waals surface area (Å²) in [4.78, 5) is 13.9. The summed E-state index contributed by atoms with van der Waals surface area (Å²) in [6.07, 6.45) is 2.45. The quantitative estimate of drug-likeness (QED) is 0.569. The molecular weight excluding hydrogens is 478 g/mol. The van der Waals surface area contributed by atoms with E-state index < -0.39 is 26.7 Å². The molecule has 2 aliphatic carbocycles. The van der Waals surface area contributed by atoms with E-state index in [0.717, 1.165) is 34.9 Å². The number of halogens is 1. The largest absolute Gasteiger partial charge is 0.464 e. The Bertz CT molecular complexity index is 856. The van der Waals surface area contributed by atoms with E-state index in [9.17, 15) is 9.00 Å². The van der Waals surface area contributed by atoms with Gasteiger partial charge in [-0.2, -0.15) is 0 Å². The Balaban J connectivity index is 2.26. The maximum atomic E-state index is 13.9. The normalized spacial score (nSPS) is 33.9. The molecule has 1 aromatic rings. The fourth-order valence-corrected chi connectivity index (χ4v) is 7.28. The number of hydrogen-bond acceptors (Lipinski definition) is 4. The van der Waals surface area contributed by atoms with Crippen molar-refractivity contribution in [1.29, 1.82) is 0 Å². The van der Waals surface area contributed by atoms with Gasteiger partial charge in [-0.25, -0.2) is 13.7 Å². The van der Waals surface area contributed by atoms with Crippen molar-refractivity contribution < 1.29 is 18.5 Å². The van der Waals surface area contributed by atoms with Crippen LogP contribution in [0.25, 0.3) is 0 Å². The van der Waals surface area contributed by atoms with Gasteiger partial charge in [-0.1, -0.05) is 35.8 Å². The average Bonchev–Trinajstić information content (AvgIpc) is 2.90. The van der Waals surface area contributed by atoms with Gasteiger partial charge in [0.15, 0.2) is 5.54 Å². The molecule has 174 valence electrons. The van der Waals surface area contributed by atoms with E-state index in [2.05, 4.69) is 40.6 Å². The Kier molecular flexibility index (Phi) is 7.13. The van der Waals surface area contributed by atoms with Gasteiger partial charge in [-0.3, -0.25) is 0 Å². The van der Waals surface area contributed by atoms with Crippen LogP contribution in [0.1, 0.15) is 65.5 Å². The molecule has 2 unspecified atom stereocenters. The number of fused-ring (bicyclic) bond motifs is 1. The monoisotopic (exact) mass is 513 g/mol. The minimum atomic E-state index is -1.46. The predicted octanol–water partition coefficient (Wildman–Crippen LogP) is 4.88. The lowest BCUT2D eigenvalue weighted by Gasteiger charge is -2.52. The number of benzene rings is 1. The first kappa shape index (κ1) is 24.9. The van der Waals surface area contributed by atoms with Crippen molar-refractivity contribution in [2.45, 2.75) is 77.2 Å². The molecule has 0 heterocycles. The Hall–Kier alpha value is -0.760. The van der Waals surface area contributed by atoms with E-state index in [-0.39, 0.29) is 30.5 Å². The Labute approximate surface area is 197 Å². The molecule has 0 radical (unpaired) electrons. The predicted molar refractivity (Wildman–Crippen MR) is 128 cm³/mol. The van der Waals surface area contributed by atoms with E-state index in [1.807, 2.05) is 39.8 Å². The first-order chi connectivity index (χ1) is 14.4. The number of hydrogen-bond donors (Lipinski definition) is 1. The number of esters is 1. The van der Waals surface area contributed by atoms with Crippen molar-refractivity contribution in [3.63, 3.8) is 0 Å². The fraction of sp³-hybridized carbons (Fsp3) is 0.708. The molecule has 1 aromatic carbocycles. The Morgan fingerprint density at radius 3 is 2.39 bits per heavy atom. The Morgan fingerprint density at radius 2 is 1.87 bits per heavy atom. The van der Waals surface area contributed by atoms with Gasteiger partial charge in [-0.15, -0.1) is 0 Å². The molecule has 1 N–H and O–H groups in total. The summed E-state index contributed by atoms with van der Waals surface area (Å²) in [5.74, 6) is 0.176. The lowest BCUT2D eigenvalue weighted by molar-refractivity contribution is -0.163. The molecular formula is C24H36BrNO4S. The maximum Gasteiger partial charge on any atom is 0.332 e. The minimum Gasteiger partial charge on any atom is -0.464 e. The number of carbonyl (C=O) groups excluding carboxylic acids is 1. The highest BCUT2D eigenvalue weighted by Crippen LogP contribution is 2.61. The molecule has 0 aliphatic heterocycles. The lowest BCUT2D eigenvalue weighted by atomic mass is 9.56. The van der Waals surface area contributed by atoms with Crippen molar-refractivity contribution in [3.05, 3.63) is 33.8 Å². The second-order valence-electron chi connectivity index (χ2n) is 10.3. The lowest BCUT2D eigenvalue weighted by Crippen LogP contribution is -2.64. The summed E-state index contributed by atoms with van der Waals surface area (Å²) in [6, 6.07) is 6.11. The van der Waals surface area contributed by atoms with Gasteiger partial charge in [0, 0.05) is 17.0 Å². The van der Waals surface area contributed by atoms with Crippen LogP contribution in [0.5, 0.6) is 0 Å². The molecule has 5 nitrogen and oxygen atoms in total. The molecule has 0 aromatic heterocycles. The van der Waals surface area contributed by atoms with Crippen molar-refractivity contribution in [2.75, 3.05) is 13.7 Å². The first-order valence-electron chi connectivity index (χ1n) is 11.1. The first-order valence-corrected chi connectivity index (χ1v) is 13.0. The number of nitrogens with one attached hydrogen (secondary N) is 1. The van der Waals surface area contributed by atoms with Crippen molar-refractivity contribution in [1.82, 2.24) is 4.72 Å². The zero-order chi connectivity index (χ0) is 23.2. The second kappa shape index (κ2) is 8.88. The minimum absolute atomic E-state index is 0.133. The van der Waals surface area contributed by atoms with Gasteiger partial charge in [0.1, 0.15) is 0 Å². The van der Waals surface area contributed by atoms with E-state index in [0.29, 0.717) is 0 Å². The molecule has 7 heteroatoms. The Morgan fingerprint density at radius 1 is 1.26 bits per heavy atom. The van der Waals surface area contributed by atoms with Crippen molar-refractivity contribution >= 4 is 32.9 Å². The van der Waals surface area contributed by atoms with Gasteiger partial charge < -0.3 is 9.47 Å². The van der Waals surface area contributed by atoms with Gasteiger partial charge in [-0.05, 0) is 82.1 Å². The van der Waals surface area contributed by atoms with Gasteiger partial charge in [0.25, 0.3) is 0 Å². The number of rotatable bonds is 5. The summed E-state index contributed by atoms with van der Waals surface area (Å²) in [5, 5.41) is 0. The standard InChI is InChI=1S/C24H36BrNO4S/c1-8-30-21(27)24(26-31(28)22(4,5)6)19-11-18(25)10-9-17(19)14-23(24)12-15(2)20(29-7)16(3)13-23/h9-11,15-16,20,26H,8,12-14H2,1-7H3/t15-,16+,20?,23?,24-,31+/m1/s1. The topological polar surface area (TPSA) is 64.6 Å². The van der Waals surface area contributed by atoms with Crippen molar-refractivity contribution in [3.8, 4) is 0 Å². The zero-order valence-corrected chi connectivity index (χ0v) is 22.1. The SMILES string of the molecule is CCOC(=O)[C@]1(N[S@@](=O)C(C)(C)C)c2cc(Br)ccc2CC12C[C@@H](C)C(OC)[C@@H](C)C2. The van der Waals surface area contributed by atoms with Crippen LogP contribution in [0.3, 0.4) is 0 Å². The van der Waals surface area contributed by atoms with E-state index in [1.54, 1.807) is 7.11 Å². The molecule has 31 heavy (non-hydrogen) atoms. The van der Waals surface area contributed by atoms with Crippen LogP contribution in [0.2, 0.25) is 0 Å². The highest BCUT2D eigenvalue weighted by Gasteiger charge is 2.66. The molecule has 1 saturated carbocycles. The summed E-state index contributed by atoms with van der Waals surface area (Å²) >= 11 is 3.59. The number of ether oxygens (including phenoxy) is 2. The van der Waals surface area contributed by atoms with Crippen LogP contribution in [0.15, 0.2) is 22.7 Å². The van der Waals surface area contributed by atoms with Crippen LogP contribution in [0, 0.1) is 17.3 Å². The van der Waals surface area contributed by atoms with Crippen LogP contribution in [-0.4, -0.2) is 34.7 Å². The molecule has 1 fully saturated rings. The molecule has 2 aliphatic rings. The fourth-order valence-electron chi connectivity index (χ4n) is 5.92. The maximum absolute atomic E-state index is 13.9. The summed E-state index contributed by atoms with van der Waals surface area (Å²) in [5.41, 5.74) is 0.372. The van der Waals surface area contributed by atoms with Gasteiger partial charge in [0.05, 0.1) is 28.4 Å². The highest BCUT2D eigenvalue weighted by molar-refractivity contribution is 9.10. The van der Waals surface area contributed by atoms with E-state index in [4.69, 9.17) is 9.47 Å². The molecule has 6 atom stereocenters. The molecule has 0 saturated heterocycles. The average molecular weight is 515 g/mol. The summed E-state index contributed by atoms with van der Waals surface area (Å²) in [7, 11) is 0.303. The van der Waals surface area contributed by atoms with Crippen LogP contribution >= 0.6 is 15.9 Å².